The molecule has 2 aliphatic heterocycles. The number of ether oxygens (including phenoxy) is 2. The van der Waals surface area contributed by atoms with Crippen LogP contribution in [-0.2, 0) is 0 Å². The van der Waals surface area contributed by atoms with Crippen LogP contribution in [0.4, 0.5) is 0 Å². The highest BCUT2D eigenvalue weighted by atomic mass is 35.5. The molecule has 1 aromatic rings. The highest BCUT2D eigenvalue weighted by Gasteiger charge is 2.39. The summed E-state index contributed by atoms with van der Waals surface area (Å²) in [7, 11) is 0. The van der Waals surface area contributed by atoms with E-state index in [1.54, 1.807) is 0 Å². The molecule has 0 aromatic heterocycles. The van der Waals surface area contributed by atoms with Gasteiger partial charge in [-0.2, -0.15) is 0 Å². The Labute approximate surface area is 139 Å². The van der Waals surface area contributed by atoms with E-state index < -0.39 is 0 Å². The van der Waals surface area contributed by atoms with Gasteiger partial charge in [0.2, 0.25) is 0 Å². The van der Waals surface area contributed by atoms with Crippen molar-refractivity contribution in [3.8, 4) is 11.5 Å². The normalized spacial score (nSPS) is 24.4. The van der Waals surface area contributed by atoms with Crippen LogP contribution in [-0.4, -0.2) is 50.8 Å². The molecule has 0 amide bonds. The Morgan fingerprint density at radius 3 is 2.50 bits per heavy atom. The summed E-state index contributed by atoms with van der Waals surface area (Å²) in [4.78, 5) is 2.54. The molecule has 1 atom stereocenters. The summed E-state index contributed by atoms with van der Waals surface area (Å²) in [6.07, 6.45) is 2.67. The first-order valence-electron chi connectivity index (χ1n) is 8.08. The third kappa shape index (κ3) is 4.28. The molecule has 1 unspecified atom stereocenters. The molecule has 5 heteroatoms. The molecule has 2 heterocycles. The van der Waals surface area contributed by atoms with Gasteiger partial charge in [0.05, 0.1) is 6.61 Å². The summed E-state index contributed by atoms with van der Waals surface area (Å²) in [5.41, 5.74) is 0.555. The van der Waals surface area contributed by atoms with Crippen molar-refractivity contribution in [1.82, 2.24) is 10.2 Å². The monoisotopic (exact) mass is 326 g/mol. The average molecular weight is 327 g/mol. The van der Waals surface area contributed by atoms with E-state index >= 15 is 0 Å². The van der Waals surface area contributed by atoms with Gasteiger partial charge in [-0.1, -0.05) is 0 Å². The topological polar surface area (TPSA) is 33.7 Å². The second-order valence-electron chi connectivity index (χ2n) is 6.21. The maximum absolute atomic E-state index is 5.84. The van der Waals surface area contributed by atoms with Crippen LogP contribution in [0.2, 0.25) is 0 Å². The molecular formula is C17H27ClN2O2. The number of nitrogens with zero attached hydrogens (tertiary/aromatic N) is 1. The minimum absolute atomic E-state index is 0. The minimum atomic E-state index is 0. The first kappa shape index (κ1) is 17.4. The van der Waals surface area contributed by atoms with Crippen LogP contribution in [0.5, 0.6) is 11.5 Å². The van der Waals surface area contributed by atoms with Gasteiger partial charge in [-0.3, -0.25) is 4.90 Å². The Balaban J connectivity index is 0.00000176. The van der Waals surface area contributed by atoms with Crippen LogP contribution in [0, 0.1) is 5.41 Å². The zero-order valence-electron chi connectivity index (χ0n) is 13.3. The molecule has 2 fully saturated rings. The molecule has 1 aromatic carbocycles. The molecule has 0 saturated carbocycles. The van der Waals surface area contributed by atoms with Crippen LogP contribution in [0.1, 0.15) is 19.8 Å². The second kappa shape index (κ2) is 8.04. The molecule has 1 N–H and O–H groups in total. The minimum Gasteiger partial charge on any atom is -0.494 e. The third-order valence-electron chi connectivity index (χ3n) is 4.66. The Morgan fingerprint density at radius 1 is 1.14 bits per heavy atom. The summed E-state index contributed by atoms with van der Waals surface area (Å²) < 4.78 is 11.3. The average Bonchev–Trinajstić information content (AvgIpc) is 3.12. The van der Waals surface area contributed by atoms with Crippen molar-refractivity contribution in [2.75, 3.05) is 45.9 Å². The van der Waals surface area contributed by atoms with Crippen molar-refractivity contribution in [2.24, 2.45) is 5.41 Å². The van der Waals surface area contributed by atoms with Gasteiger partial charge in [0.1, 0.15) is 18.1 Å². The zero-order chi connectivity index (χ0) is 14.5. The van der Waals surface area contributed by atoms with Gasteiger partial charge < -0.3 is 14.8 Å². The summed E-state index contributed by atoms with van der Waals surface area (Å²) in [6, 6.07) is 7.90. The smallest absolute Gasteiger partial charge is 0.119 e. The largest absolute Gasteiger partial charge is 0.494 e. The fraction of sp³-hybridized carbons (Fsp3) is 0.647. The lowest BCUT2D eigenvalue weighted by Gasteiger charge is -2.22. The van der Waals surface area contributed by atoms with Crippen LogP contribution in [0.15, 0.2) is 24.3 Å². The fourth-order valence-corrected chi connectivity index (χ4v) is 3.45. The number of benzene rings is 1. The van der Waals surface area contributed by atoms with Gasteiger partial charge >= 0.3 is 0 Å². The number of likely N-dealkylation sites (tertiary alicyclic amines) is 1. The SMILES string of the molecule is CCOc1ccc(OCCN2CCC3(CCNC3)C2)cc1.Cl. The zero-order valence-corrected chi connectivity index (χ0v) is 14.2. The lowest BCUT2D eigenvalue weighted by Crippen LogP contribution is -2.31. The predicted octanol–water partition coefficient (Wildman–Crippen LogP) is 2.57. The Bertz CT molecular complexity index is 446. The van der Waals surface area contributed by atoms with Crippen molar-refractivity contribution >= 4 is 12.4 Å². The van der Waals surface area contributed by atoms with Crippen LogP contribution in [0.3, 0.4) is 0 Å². The third-order valence-corrected chi connectivity index (χ3v) is 4.66. The molecule has 124 valence electrons. The van der Waals surface area contributed by atoms with Crippen LogP contribution in [0.25, 0.3) is 0 Å². The van der Waals surface area contributed by atoms with Crippen molar-refractivity contribution in [2.45, 2.75) is 19.8 Å². The van der Waals surface area contributed by atoms with Crippen molar-refractivity contribution in [3.63, 3.8) is 0 Å². The second-order valence-corrected chi connectivity index (χ2v) is 6.21. The highest BCUT2D eigenvalue weighted by Crippen LogP contribution is 2.35. The summed E-state index contributed by atoms with van der Waals surface area (Å²) in [5, 5.41) is 3.50. The quantitative estimate of drug-likeness (QED) is 0.871. The number of nitrogens with one attached hydrogen (secondary N) is 1. The van der Waals surface area contributed by atoms with Gasteiger partial charge in [0.15, 0.2) is 0 Å². The maximum atomic E-state index is 5.84. The van der Waals surface area contributed by atoms with Gasteiger partial charge in [-0.05, 0) is 62.5 Å². The molecule has 0 radical (unpaired) electrons. The van der Waals surface area contributed by atoms with E-state index in [-0.39, 0.29) is 12.4 Å². The molecule has 3 rings (SSSR count). The van der Waals surface area contributed by atoms with E-state index in [0.717, 1.165) is 24.7 Å². The Hall–Kier alpha value is -0.970. The molecule has 0 bridgehead atoms. The van der Waals surface area contributed by atoms with Gasteiger partial charge in [0, 0.05) is 19.6 Å². The first-order valence-corrected chi connectivity index (χ1v) is 8.08. The van der Waals surface area contributed by atoms with Crippen molar-refractivity contribution < 1.29 is 9.47 Å². The van der Waals surface area contributed by atoms with E-state index in [1.165, 1.54) is 39.0 Å². The molecular weight excluding hydrogens is 300 g/mol. The Kier molecular flexibility index (Phi) is 6.36. The number of rotatable bonds is 6. The van der Waals surface area contributed by atoms with E-state index in [9.17, 15) is 0 Å². The van der Waals surface area contributed by atoms with E-state index in [4.69, 9.17) is 9.47 Å². The number of hydrogen-bond donors (Lipinski definition) is 1. The molecule has 2 aliphatic rings. The maximum Gasteiger partial charge on any atom is 0.119 e. The molecule has 1 spiro atoms. The van der Waals surface area contributed by atoms with Gasteiger partial charge in [-0.25, -0.2) is 0 Å². The summed E-state index contributed by atoms with van der Waals surface area (Å²) >= 11 is 0. The summed E-state index contributed by atoms with van der Waals surface area (Å²) in [6.45, 7) is 9.31. The molecule has 4 nitrogen and oxygen atoms in total. The molecule has 0 aliphatic carbocycles. The van der Waals surface area contributed by atoms with E-state index in [2.05, 4.69) is 10.2 Å². The van der Waals surface area contributed by atoms with E-state index in [1.807, 2.05) is 31.2 Å². The lowest BCUT2D eigenvalue weighted by molar-refractivity contribution is 0.217. The van der Waals surface area contributed by atoms with Crippen LogP contribution >= 0.6 is 12.4 Å². The van der Waals surface area contributed by atoms with Crippen LogP contribution < -0.4 is 14.8 Å². The standard InChI is InChI=1S/C17H26N2O2.ClH/c1-2-20-15-3-5-16(6-4-15)21-12-11-19-10-8-17(14-19)7-9-18-13-17;/h3-6,18H,2,7-14H2,1H3;1H. The molecule has 22 heavy (non-hydrogen) atoms. The first-order chi connectivity index (χ1) is 10.3. The lowest BCUT2D eigenvalue weighted by atomic mass is 9.87. The van der Waals surface area contributed by atoms with Gasteiger partial charge in [0.25, 0.3) is 0 Å². The number of halogens is 1. The highest BCUT2D eigenvalue weighted by molar-refractivity contribution is 5.85. The van der Waals surface area contributed by atoms with E-state index in [0.29, 0.717) is 12.0 Å². The summed E-state index contributed by atoms with van der Waals surface area (Å²) in [5.74, 6) is 1.83. The Morgan fingerprint density at radius 2 is 1.86 bits per heavy atom. The van der Waals surface area contributed by atoms with Gasteiger partial charge in [-0.15, -0.1) is 12.4 Å². The number of hydrogen-bond acceptors (Lipinski definition) is 4. The van der Waals surface area contributed by atoms with Crippen molar-refractivity contribution in [1.29, 1.82) is 0 Å². The fourth-order valence-electron chi connectivity index (χ4n) is 3.45. The molecule has 2 saturated heterocycles. The van der Waals surface area contributed by atoms with Crippen molar-refractivity contribution in [3.05, 3.63) is 24.3 Å². The predicted molar refractivity (Wildman–Crippen MR) is 91.3 cm³/mol.